The van der Waals surface area contributed by atoms with Crippen LogP contribution in [0.15, 0.2) is 24.3 Å². The normalized spacial score (nSPS) is 16.2. The summed E-state index contributed by atoms with van der Waals surface area (Å²) in [5.41, 5.74) is 3.02. The summed E-state index contributed by atoms with van der Waals surface area (Å²) in [6.45, 7) is 9.48. The van der Waals surface area contributed by atoms with Gasteiger partial charge in [-0.2, -0.15) is 0 Å². The smallest absolute Gasteiger partial charge is 0.254 e. The van der Waals surface area contributed by atoms with Crippen LogP contribution in [0.1, 0.15) is 57.3 Å². The molecule has 3 rings (SSSR count). The quantitative estimate of drug-likeness (QED) is 0.805. The molecular formula is C20H27N3OS. The van der Waals surface area contributed by atoms with Gasteiger partial charge in [-0.1, -0.05) is 12.1 Å². The largest absolute Gasteiger partial charge is 0.333 e. The van der Waals surface area contributed by atoms with Gasteiger partial charge in [0.2, 0.25) is 0 Å². The van der Waals surface area contributed by atoms with E-state index < -0.39 is 0 Å². The fraction of sp³-hybridized carbons (Fsp3) is 0.500. The average molecular weight is 358 g/mol. The molecular weight excluding hydrogens is 330 g/mol. The van der Waals surface area contributed by atoms with Crippen molar-refractivity contribution < 1.29 is 4.79 Å². The number of likely N-dealkylation sites (tertiary alicyclic amines) is 1. The van der Waals surface area contributed by atoms with Gasteiger partial charge in [0.15, 0.2) is 0 Å². The number of nitrogens with zero attached hydrogens (tertiary/aromatic N) is 3. The summed E-state index contributed by atoms with van der Waals surface area (Å²) in [6.07, 6.45) is 2.60. The second-order valence-corrected chi connectivity index (χ2v) is 8.35. The Morgan fingerprint density at radius 1 is 1.24 bits per heavy atom. The highest BCUT2D eigenvalue weighted by Gasteiger charge is 2.22. The number of carbonyl (C=O) groups is 1. The molecule has 0 unspecified atom stereocenters. The molecule has 1 amide bonds. The minimum atomic E-state index is -0.0262. The third kappa shape index (κ3) is 4.10. The number of amides is 1. The predicted octanol–water partition coefficient (Wildman–Crippen LogP) is 4.19. The van der Waals surface area contributed by atoms with Crippen molar-refractivity contribution in [3.63, 3.8) is 0 Å². The summed E-state index contributed by atoms with van der Waals surface area (Å²) in [6, 6.07) is 8.05. The van der Waals surface area contributed by atoms with Crippen molar-refractivity contribution >= 4 is 17.2 Å². The van der Waals surface area contributed by atoms with Gasteiger partial charge in [-0.15, -0.1) is 11.3 Å². The standard InChI is InChI=1S/C20H27N3OS/c1-14(19-15(2)25-16(3)21-19)22(4)20(24)18-9-7-17(8-10-18)13-23-11-5-6-12-23/h7-10,14H,5-6,11-13H2,1-4H3/t14-/m1/s1. The van der Waals surface area contributed by atoms with Gasteiger partial charge in [-0.05, 0) is 64.4 Å². The molecule has 25 heavy (non-hydrogen) atoms. The minimum Gasteiger partial charge on any atom is -0.333 e. The summed E-state index contributed by atoms with van der Waals surface area (Å²) in [5, 5.41) is 1.05. The lowest BCUT2D eigenvalue weighted by molar-refractivity contribution is 0.0739. The molecule has 1 saturated heterocycles. The zero-order valence-corrected chi connectivity index (χ0v) is 16.4. The van der Waals surface area contributed by atoms with E-state index >= 15 is 0 Å². The average Bonchev–Trinajstić information content (AvgIpc) is 3.22. The Kier molecular flexibility index (Phi) is 5.54. The van der Waals surface area contributed by atoms with E-state index in [1.807, 2.05) is 33.0 Å². The maximum atomic E-state index is 12.8. The van der Waals surface area contributed by atoms with Crippen LogP contribution < -0.4 is 0 Å². The third-order valence-electron chi connectivity index (χ3n) is 5.04. The molecule has 1 aliphatic rings. The monoisotopic (exact) mass is 357 g/mol. The molecule has 134 valence electrons. The highest BCUT2D eigenvalue weighted by atomic mass is 32.1. The van der Waals surface area contributed by atoms with Gasteiger partial charge in [-0.3, -0.25) is 9.69 Å². The minimum absolute atomic E-state index is 0.0262. The van der Waals surface area contributed by atoms with Gasteiger partial charge in [-0.25, -0.2) is 4.98 Å². The first-order valence-corrected chi connectivity index (χ1v) is 9.79. The van der Waals surface area contributed by atoms with E-state index in [1.54, 1.807) is 16.2 Å². The molecule has 0 spiro atoms. The highest BCUT2D eigenvalue weighted by molar-refractivity contribution is 7.11. The van der Waals surface area contributed by atoms with E-state index in [0.29, 0.717) is 0 Å². The number of hydrogen-bond acceptors (Lipinski definition) is 4. The molecule has 1 atom stereocenters. The number of thiazole rings is 1. The first kappa shape index (κ1) is 18.1. The van der Waals surface area contributed by atoms with Crippen molar-refractivity contribution in [3.05, 3.63) is 51.0 Å². The van der Waals surface area contributed by atoms with Crippen molar-refractivity contribution in [2.45, 2.75) is 46.2 Å². The van der Waals surface area contributed by atoms with Gasteiger partial charge < -0.3 is 4.90 Å². The molecule has 0 aliphatic carbocycles. The van der Waals surface area contributed by atoms with Gasteiger partial charge >= 0.3 is 0 Å². The van der Waals surface area contributed by atoms with Crippen molar-refractivity contribution in [1.82, 2.24) is 14.8 Å². The Hall–Kier alpha value is -1.72. The fourth-order valence-electron chi connectivity index (χ4n) is 3.45. The van der Waals surface area contributed by atoms with E-state index in [0.717, 1.165) is 22.8 Å². The molecule has 1 fully saturated rings. The second kappa shape index (κ2) is 7.67. The molecule has 1 aromatic heterocycles. The van der Waals surface area contributed by atoms with E-state index in [2.05, 4.69) is 28.9 Å². The van der Waals surface area contributed by atoms with Crippen LogP contribution in [0.4, 0.5) is 0 Å². The third-order valence-corrected chi connectivity index (χ3v) is 5.94. The molecule has 0 N–H and O–H groups in total. The lowest BCUT2D eigenvalue weighted by atomic mass is 10.1. The summed E-state index contributed by atoms with van der Waals surface area (Å²) in [7, 11) is 1.86. The van der Waals surface area contributed by atoms with Crippen LogP contribution in [0.5, 0.6) is 0 Å². The first-order chi connectivity index (χ1) is 12.0. The molecule has 1 aromatic carbocycles. The van der Waals surface area contributed by atoms with Gasteiger partial charge in [0, 0.05) is 24.0 Å². The Bertz CT molecular complexity index is 732. The topological polar surface area (TPSA) is 36.4 Å². The number of aryl methyl sites for hydroxylation is 2. The zero-order chi connectivity index (χ0) is 18.0. The van der Waals surface area contributed by atoms with E-state index in [1.165, 1.54) is 36.4 Å². The molecule has 0 radical (unpaired) electrons. The molecule has 4 nitrogen and oxygen atoms in total. The Balaban J connectivity index is 1.68. The summed E-state index contributed by atoms with van der Waals surface area (Å²) >= 11 is 1.69. The number of carbonyl (C=O) groups excluding carboxylic acids is 1. The SMILES string of the molecule is Cc1nc([C@@H](C)N(C)C(=O)c2ccc(CN3CCCC3)cc2)c(C)s1. The number of benzene rings is 1. The van der Waals surface area contributed by atoms with Crippen LogP contribution in [0.25, 0.3) is 0 Å². The van der Waals surface area contributed by atoms with Crippen molar-refractivity contribution in [3.8, 4) is 0 Å². The van der Waals surface area contributed by atoms with Crippen LogP contribution in [-0.2, 0) is 6.54 Å². The van der Waals surface area contributed by atoms with Crippen LogP contribution in [0.2, 0.25) is 0 Å². The summed E-state index contributed by atoms with van der Waals surface area (Å²) in [5.74, 6) is 0.0466. The Morgan fingerprint density at radius 2 is 1.88 bits per heavy atom. The Morgan fingerprint density at radius 3 is 2.44 bits per heavy atom. The summed E-state index contributed by atoms with van der Waals surface area (Å²) < 4.78 is 0. The van der Waals surface area contributed by atoms with E-state index in [-0.39, 0.29) is 11.9 Å². The number of aromatic nitrogens is 1. The van der Waals surface area contributed by atoms with E-state index in [4.69, 9.17) is 0 Å². The maximum Gasteiger partial charge on any atom is 0.254 e. The maximum absolute atomic E-state index is 12.8. The van der Waals surface area contributed by atoms with Gasteiger partial charge in [0.1, 0.15) is 0 Å². The van der Waals surface area contributed by atoms with Crippen LogP contribution in [0, 0.1) is 13.8 Å². The molecule has 2 heterocycles. The lowest BCUT2D eigenvalue weighted by Gasteiger charge is -2.24. The van der Waals surface area contributed by atoms with Crippen LogP contribution in [-0.4, -0.2) is 40.8 Å². The highest BCUT2D eigenvalue weighted by Crippen LogP contribution is 2.27. The van der Waals surface area contributed by atoms with Crippen molar-refractivity contribution in [2.24, 2.45) is 0 Å². The molecule has 0 saturated carbocycles. The van der Waals surface area contributed by atoms with Gasteiger partial charge in [0.25, 0.3) is 5.91 Å². The van der Waals surface area contributed by atoms with Crippen molar-refractivity contribution in [2.75, 3.05) is 20.1 Å². The zero-order valence-electron chi connectivity index (χ0n) is 15.6. The molecule has 0 bridgehead atoms. The van der Waals surface area contributed by atoms with Crippen LogP contribution in [0.3, 0.4) is 0 Å². The Labute approximate surface area is 154 Å². The van der Waals surface area contributed by atoms with Crippen molar-refractivity contribution in [1.29, 1.82) is 0 Å². The van der Waals surface area contributed by atoms with E-state index in [9.17, 15) is 4.79 Å². The number of hydrogen-bond donors (Lipinski definition) is 0. The first-order valence-electron chi connectivity index (χ1n) is 8.98. The van der Waals surface area contributed by atoms with Crippen LogP contribution >= 0.6 is 11.3 Å². The van der Waals surface area contributed by atoms with Gasteiger partial charge in [0.05, 0.1) is 16.7 Å². The molecule has 1 aliphatic heterocycles. The molecule has 5 heteroatoms. The predicted molar refractivity (Wildman–Crippen MR) is 103 cm³/mol. The molecule has 2 aromatic rings. The number of rotatable bonds is 5. The summed E-state index contributed by atoms with van der Waals surface area (Å²) in [4.78, 5) is 22.9. The fourth-order valence-corrected chi connectivity index (χ4v) is 4.36. The second-order valence-electron chi connectivity index (χ2n) is 6.95. The lowest BCUT2D eigenvalue weighted by Crippen LogP contribution is -2.30.